The average Bonchev–Trinajstić information content (AvgIpc) is 3.53. The van der Waals surface area contributed by atoms with Gasteiger partial charge in [0.25, 0.3) is 5.56 Å². The summed E-state index contributed by atoms with van der Waals surface area (Å²) in [6.45, 7) is 0. The van der Waals surface area contributed by atoms with E-state index < -0.39 is 0 Å². The van der Waals surface area contributed by atoms with E-state index in [9.17, 15) is 9.90 Å². The number of pyridine rings is 1. The summed E-state index contributed by atoms with van der Waals surface area (Å²) in [5, 5.41) is 17.6. The van der Waals surface area contributed by atoms with Gasteiger partial charge in [0.1, 0.15) is 11.3 Å². The van der Waals surface area contributed by atoms with Gasteiger partial charge in [-0.25, -0.2) is 4.98 Å². The second kappa shape index (κ2) is 7.28. The lowest BCUT2D eigenvalue weighted by atomic mass is 9.93. The molecule has 1 aliphatic rings. The largest absolute Gasteiger partial charge is 0.452 e. The monoisotopic (exact) mass is 448 g/mol. The predicted molar refractivity (Wildman–Crippen MR) is 122 cm³/mol. The molecular formula is C22H20N6O3S. The molecule has 0 radical (unpaired) electrons. The quantitative estimate of drug-likeness (QED) is 0.383. The number of nitrogens with zero attached hydrogens (tertiary/aromatic N) is 4. The number of aliphatic hydroxyl groups is 1. The van der Waals surface area contributed by atoms with Gasteiger partial charge in [0, 0.05) is 28.9 Å². The predicted octanol–water partition coefficient (Wildman–Crippen LogP) is 3.71. The minimum absolute atomic E-state index is 0.161. The van der Waals surface area contributed by atoms with Gasteiger partial charge in [0.2, 0.25) is 0 Å². The first kappa shape index (κ1) is 19.2. The number of aromatic amines is 1. The fourth-order valence-corrected chi connectivity index (χ4v) is 5.20. The van der Waals surface area contributed by atoms with Crippen LogP contribution in [0.4, 0.5) is 5.82 Å². The number of nitrogen functional groups attached to an aromatic ring is 1. The Morgan fingerprint density at radius 3 is 2.88 bits per heavy atom. The molecule has 0 saturated heterocycles. The number of fused-ring (bicyclic) bond motifs is 2. The molecule has 0 spiro atoms. The van der Waals surface area contributed by atoms with Crippen molar-refractivity contribution < 1.29 is 9.52 Å². The minimum atomic E-state index is -0.253. The topological polar surface area (TPSA) is 136 Å². The van der Waals surface area contributed by atoms with Crippen molar-refractivity contribution >= 4 is 38.5 Å². The van der Waals surface area contributed by atoms with E-state index in [1.807, 2.05) is 35.1 Å². The molecule has 0 bridgehead atoms. The van der Waals surface area contributed by atoms with E-state index in [4.69, 9.17) is 10.2 Å². The Balaban J connectivity index is 1.48. The van der Waals surface area contributed by atoms with Crippen LogP contribution in [0.5, 0.6) is 0 Å². The highest BCUT2D eigenvalue weighted by atomic mass is 32.1. The molecule has 9 nitrogen and oxygen atoms in total. The normalized spacial score (nSPS) is 19.2. The van der Waals surface area contributed by atoms with Crippen molar-refractivity contribution in [1.82, 2.24) is 24.4 Å². The third kappa shape index (κ3) is 3.02. The molecule has 0 amide bonds. The lowest BCUT2D eigenvalue weighted by Crippen LogP contribution is -2.22. The molecule has 162 valence electrons. The number of aliphatic hydroxyl groups excluding tert-OH is 1. The van der Waals surface area contributed by atoms with E-state index >= 15 is 0 Å². The minimum Gasteiger partial charge on any atom is -0.452 e. The van der Waals surface area contributed by atoms with Crippen LogP contribution in [0, 0.1) is 0 Å². The highest BCUT2D eigenvalue weighted by Crippen LogP contribution is 2.38. The van der Waals surface area contributed by atoms with Crippen LogP contribution in [0.2, 0.25) is 0 Å². The maximum absolute atomic E-state index is 12.9. The Kier molecular flexibility index (Phi) is 4.37. The Morgan fingerprint density at radius 2 is 2.03 bits per heavy atom. The molecule has 0 aliphatic heterocycles. The zero-order valence-electron chi connectivity index (χ0n) is 17.0. The standard InChI is InChI=1S/C22H20N6O3S/c23-21-19-14(8-18(31-19)13-2-1-3-17-20(13)32-27-25-17)15(9-24-21)16-10-28(26-22(16)30)11-4-6-12(29)7-5-11/h1-3,8-12,29H,4-7H2,(H2,23,24)(H,26,30). The van der Waals surface area contributed by atoms with Gasteiger partial charge in [-0.2, -0.15) is 0 Å². The van der Waals surface area contributed by atoms with Crippen LogP contribution in [0.1, 0.15) is 31.7 Å². The van der Waals surface area contributed by atoms with Crippen LogP contribution in [-0.4, -0.2) is 35.6 Å². The molecule has 1 aromatic carbocycles. The summed E-state index contributed by atoms with van der Waals surface area (Å²) >= 11 is 1.30. The van der Waals surface area contributed by atoms with Gasteiger partial charge < -0.3 is 15.3 Å². The van der Waals surface area contributed by atoms with Crippen molar-refractivity contribution in [3.63, 3.8) is 0 Å². The molecule has 5 aromatic rings. The van der Waals surface area contributed by atoms with Crippen molar-refractivity contribution in [2.24, 2.45) is 0 Å². The van der Waals surface area contributed by atoms with Crippen LogP contribution in [-0.2, 0) is 0 Å². The number of anilines is 1. The van der Waals surface area contributed by atoms with E-state index in [1.54, 1.807) is 6.20 Å². The average molecular weight is 449 g/mol. The van der Waals surface area contributed by atoms with Crippen LogP contribution >= 0.6 is 11.5 Å². The maximum Gasteiger partial charge on any atom is 0.272 e. The first-order valence-electron chi connectivity index (χ1n) is 10.5. The Morgan fingerprint density at radius 1 is 1.19 bits per heavy atom. The summed E-state index contributed by atoms with van der Waals surface area (Å²) < 4.78 is 12.9. The Hall–Kier alpha value is -3.50. The van der Waals surface area contributed by atoms with E-state index in [1.165, 1.54) is 11.5 Å². The van der Waals surface area contributed by atoms with E-state index in [0.717, 1.165) is 46.8 Å². The number of furan rings is 1. The molecule has 0 unspecified atom stereocenters. The van der Waals surface area contributed by atoms with Crippen molar-refractivity contribution in [3.8, 4) is 22.5 Å². The van der Waals surface area contributed by atoms with Gasteiger partial charge in [-0.15, -0.1) is 5.10 Å². The third-order valence-electron chi connectivity index (χ3n) is 6.22. The second-order valence-corrected chi connectivity index (χ2v) is 8.94. The number of nitrogens with two attached hydrogens (primary N) is 1. The summed E-state index contributed by atoms with van der Waals surface area (Å²) in [6, 6.07) is 7.81. The lowest BCUT2D eigenvalue weighted by molar-refractivity contribution is 0.108. The molecule has 6 rings (SSSR count). The molecule has 4 aromatic heterocycles. The first-order chi connectivity index (χ1) is 15.6. The van der Waals surface area contributed by atoms with Gasteiger partial charge in [0.15, 0.2) is 11.4 Å². The second-order valence-electron chi connectivity index (χ2n) is 8.19. The van der Waals surface area contributed by atoms with E-state index in [2.05, 4.69) is 19.7 Å². The highest BCUT2D eigenvalue weighted by molar-refractivity contribution is 7.13. The lowest BCUT2D eigenvalue weighted by Gasteiger charge is -2.25. The summed E-state index contributed by atoms with van der Waals surface area (Å²) in [4.78, 5) is 17.1. The molecule has 4 N–H and O–H groups in total. The third-order valence-corrected chi connectivity index (χ3v) is 7.00. The van der Waals surface area contributed by atoms with Crippen LogP contribution < -0.4 is 11.3 Å². The molecular weight excluding hydrogens is 428 g/mol. The number of nitrogens with one attached hydrogen (secondary N) is 1. The number of hydrogen-bond donors (Lipinski definition) is 3. The zero-order valence-corrected chi connectivity index (χ0v) is 17.8. The molecule has 32 heavy (non-hydrogen) atoms. The van der Waals surface area contributed by atoms with Gasteiger partial charge in [-0.05, 0) is 55.4 Å². The SMILES string of the molecule is Nc1ncc(-c2cn(C3CCC(O)CC3)[nH]c2=O)c2cc(-c3cccc4nnsc34)oc12. The zero-order chi connectivity index (χ0) is 21.8. The number of benzene rings is 1. The molecule has 1 fully saturated rings. The van der Waals surface area contributed by atoms with Crippen LogP contribution in [0.25, 0.3) is 43.6 Å². The summed E-state index contributed by atoms with van der Waals surface area (Å²) in [6.07, 6.45) is 6.31. The van der Waals surface area contributed by atoms with Gasteiger partial charge >= 0.3 is 0 Å². The van der Waals surface area contributed by atoms with Crippen molar-refractivity contribution in [3.05, 3.63) is 47.0 Å². The van der Waals surface area contributed by atoms with Crippen LogP contribution in [0.3, 0.4) is 0 Å². The fraction of sp³-hybridized carbons (Fsp3) is 0.273. The summed E-state index contributed by atoms with van der Waals surface area (Å²) in [7, 11) is 0. The molecule has 1 saturated carbocycles. The summed E-state index contributed by atoms with van der Waals surface area (Å²) in [5.41, 5.74) is 9.21. The van der Waals surface area contributed by atoms with Gasteiger partial charge in [-0.3, -0.25) is 14.6 Å². The number of hydrogen-bond acceptors (Lipinski definition) is 8. The molecule has 1 aliphatic carbocycles. The number of H-pyrrole nitrogens is 1. The smallest absolute Gasteiger partial charge is 0.272 e. The number of rotatable bonds is 3. The van der Waals surface area contributed by atoms with Crippen molar-refractivity contribution in [2.75, 3.05) is 5.73 Å². The van der Waals surface area contributed by atoms with Gasteiger partial charge in [-0.1, -0.05) is 10.6 Å². The highest BCUT2D eigenvalue weighted by Gasteiger charge is 2.24. The Labute approximate surface area is 185 Å². The van der Waals surface area contributed by atoms with Crippen molar-refractivity contribution in [2.45, 2.75) is 37.8 Å². The summed E-state index contributed by atoms with van der Waals surface area (Å²) in [5.74, 6) is 0.886. The maximum atomic E-state index is 12.9. The van der Waals surface area contributed by atoms with Crippen molar-refractivity contribution in [1.29, 1.82) is 0 Å². The van der Waals surface area contributed by atoms with E-state index in [-0.39, 0.29) is 23.5 Å². The first-order valence-corrected chi connectivity index (χ1v) is 11.2. The van der Waals surface area contributed by atoms with E-state index in [0.29, 0.717) is 22.5 Å². The van der Waals surface area contributed by atoms with Gasteiger partial charge in [0.05, 0.1) is 22.4 Å². The Bertz CT molecular complexity index is 1510. The molecule has 4 heterocycles. The number of aromatic nitrogens is 5. The molecule has 0 atom stereocenters. The van der Waals surface area contributed by atoms with Crippen LogP contribution in [0.15, 0.2) is 45.9 Å². The molecule has 10 heteroatoms. The fourth-order valence-electron chi connectivity index (χ4n) is 4.52.